The Balaban J connectivity index is 1.73. The van der Waals surface area contributed by atoms with Gasteiger partial charge in [0.2, 0.25) is 5.78 Å². The molecule has 1 aromatic carbocycles. The lowest BCUT2D eigenvalue weighted by molar-refractivity contribution is 0.102. The number of aromatic nitrogens is 1. The van der Waals surface area contributed by atoms with E-state index in [9.17, 15) is 10.0 Å². The molecular formula is C21H30N4O2. The van der Waals surface area contributed by atoms with E-state index < -0.39 is 0 Å². The van der Waals surface area contributed by atoms with Gasteiger partial charge in [0, 0.05) is 36.3 Å². The number of fused-ring (bicyclic) bond motifs is 1. The second-order valence-corrected chi connectivity index (χ2v) is 7.52. The maximum absolute atomic E-state index is 13.0. The number of hydrogen-bond acceptors (Lipinski definition) is 5. The molecule has 0 spiro atoms. The van der Waals surface area contributed by atoms with Crippen LogP contribution in [0.1, 0.15) is 49.5 Å². The van der Waals surface area contributed by atoms with E-state index >= 15 is 0 Å². The molecule has 6 nitrogen and oxygen atoms in total. The second kappa shape index (κ2) is 8.59. The van der Waals surface area contributed by atoms with Crippen LogP contribution in [0.4, 0.5) is 5.69 Å². The first kappa shape index (κ1) is 19.5. The van der Waals surface area contributed by atoms with Crippen molar-refractivity contribution in [3.8, 4) is 0 Å². The Morgan fingerprint density at radius 2 is 2.00 bits per heavy atom. The van der Waals surface area contributed by atoms with Gasteiger partial charge < -0.3 is 14.8 Å². The zero-order valence-corrected chi connectivity index (χ0v) is 16.3. The number of allylic oxidation sites excluding steroid dienone is 1. The van der Waals surface area contributed by atoms with E-state index in [2.05, 4.69) is 36.1 Å². The van der Waals surface area contributed by atoms with Gasteiger partial charge in [-0.1, -0.05) is 13.0 Å². The van der Waals surface area contributed by atoms with Crippen molar-refractivity contribution in [2.45, 2.75) is 39.2 Å². The van der Waals surface area contributed by atoms with E-state index in [4.69, 9.17) is 0 Å². The minimum atomic E-state index is -0.0808. The third-order valence-electron chi connectivity index (χ3n) is 5.25. The Morgan fingerprint density at radius 1 is 1.26 bits per heavy atom. The largest absolute Gasteiger partial charge is 0.381 e. The van der Waals surface area contributed by atoms with Crippen LogP contribution in [0.15, 0.2) is 36.7 Å². The molecule has 1 fully saturated rings. The van der Waals surface area contributed by atoms with Crippen LogP contribution in [-0.2, 0) is 0 Å². The van der Waals surface area contributed by atoms with Crippen LogP contribution < -0.4 is 10.8 Å². The zero-order chi connectivity index (χ0) is 19.4. The molecule has 0 amide bonds. The highest BCUT2D eigenvalue weighted by Gasteiger charge is 2.19. The fraction of sp³-hybridized carbons (Fsp3) is 0.476. The number of likely N-dealkylation sites (tertiary alicyclic amines) is 1. The molecule has 27 heavy (non-hydrogen) atoms. The molecule has 1 aromatic heterocycles. The van der Waals surface area contributed by atoms with Crippen molar-refractivity contribution in [2.75, 3.05) is 31.7 Å². The predicted octanol–water partition coefficient (Wildman–Crippen LogP) is 3.80. The summed E-state index contributed by atoms with van der Waals surface area (Å²) < 4.78 is 2.05. The third kappa shape index (κ3) is 4.34. The Morgan fingerprint density at radius 3 is 2.67 bits per heavy atom. The number of Topliss-reactive ketones (excluding diaryl/α,β-unsaturated/α-hetero) is 1. The Labute approximate surface area is 160 Å². The van der Waals surface area contributed by atoms with Crippen LogP contribution in [-0.4, -0.2) is 46.6 Å². The molecule has 3 rings (SSSR count). The van der Waals surface area contributed by atoms with Gasteiger partial charge in [-0.3, -0.25) is 15.5 Å². The zero-order valence-electron chi connectivity index (χ0n) is 16.3. The molecule has 1 saturated heterocycles. The van der Waals surface area contributed by atoms with Gasteiger partial charge in [0.15, 0.2) is 0 Å². The van der Waals surface area contributed by atoms with Gasteiger partial charge >= 0.3 is 0 Å². The minimum absolute atomic E-state index is 0.0808. The number of hydrogen-bond donors (Lipinski definition) is 3. The highest BCUT2D eigenvalue weighted by molar-refractivity contribution is 6.16. The average molecular weight is 370 g/mol. The lowest BCUT2D eigenvalue weighted by Crippen LogP contribution is -2.36. The number of nitrogens with one attached hydrogen (secondary N) is 2. The number of nitrogens with zero attached hydrogens (tertiary/aromatic N) is 2. The Kier molecular flexibility index (Phi) is 6.19. The number of benzene rings is 1. The topological polar surface area (TPSA) is 69.5 Å². The third-order valence-corrected chi connectivity index (χ3v) is 5.25. The monoisotopic (exact) mass is 370 g/mol. The maximum Gasteiger partial charge on any atom is 0.210 e. The van der Waals surface area contributed by atoms with Crippen molar-refractivity contribution < 1.29 is 10.0 Å². The molecule has 6 heteroatoms. The number of rotatable bonds is 8. The summed E-state index contributed by atoms with van der Waals surface area (Å²) in [7, 11) is 0. The highest BCUT2D eigenvalue weighted by atomic mass is 16.5. The lowest BCUT2D eigenvalue weighted by atomic mass is 10.1. The van der Waals surface area contributed by atoms with E-state index in [1.165, 1.54) is 19.3 Å². The Bertz CT molecular complexity index is 819. The van der Waals surface area contributed by atoms with Crippen molar-refractivity contribution in [1.29, 1.82) is 0 Å². The summed E-state index contributed by atoms with van der Waals surface area (Å²) in [6.07, 6.45) is 5.73. The summed E-state index contributed by atoms with van der Waals surface area (Å²) in [5.41, 5.74) is 4.75. The molecule has 1 aliphatic rings. The summed E-state index contributed by atoms with van der Waals surface area (Å²) >= 11 is 0. The van der Waals surface area contributed by atoms with Crippen LogP contribution in [0.5, 0.6) is 0 Å². The lowest BCUT2D eigenvalue weighted by Gasteiger charge is -2.26. The van der Waals surface area contributed by atoms with Gasteiger partial charge in [-0.15, -0.1) is 0 Å². The van der Waals surface area contributed by atoms with E-state index in [0.29, 0.717) is 16.9 Å². The molecule has 0 saturated carbocycles. The second-order valence-electron chi connectivity index (χ2n) is 7.52. The van der Waals surface area contributed by atoms with E-state index in [-0.39, 0.29) is 11.8 Å². The van der Waals surface area contributed by atoms with E-state index in [1.54, 1.807) is 6.07 Å². The summed E-state index contributed by atoms with van der Waals surface area (Å²) in [5, 5.41) is 13.3. The molecule has 2 aromatic rings. The molecule has 0 atom stereocenters. The number of anilines is 1. The predicted molar refractivity (Wildman–Crippen MR) is 109 cm³/mol. The van der Waals surface area contributed by atoms with Gasteiger partial charge in [0.05, 0.1) is 16.9 Å². The SMILES string of the molecule is C=C(NCCN1CCCCC1)C(=O)c1cn(C(C)C)c2cc(NO)ccc12. The van der Waals surface area contributed by atoms with Crippen LogP contribution in [0, 0.1) is 0 Å². The molecule has 146 valence electrons. The number of ketones is 1. The fourth-order valence-electron chi connectivity index (χ4n) is 3.72. The molecule has 0 unspecified atom stereocenters. The summed E-state index contributed by atoms with van der Waals surface area (Å²) in [5.74, 6) is -0.0808. The van der Waals surface area contributed by atoms with Crippen LogP contribution in [0.25, 0.3) is 10.9 Å². The normalized spacial score (nSPS) is 15.3. The molecular weight excluding hydrogens is 340 g/mol. The van der Waals surface area contributed by atoms with Crippen LogP contribution in [0.3, 0.4) is 0 Å². The number of piperidine rings is 1. The highest BCUT2D eigenvalue weighted by Crippen LogP contribution is 2.28. The van der Waals surface area contributed by atoms with Crippen molar-refractivity contribution >= 4 is 22.4 Å². The van der Waals surface area contributed by atoms with Gasteiger partial charge in [-0.25, -0.2) is 0 Å². The summed E-state index contributed by atoms with van der Waals surface area (Å²) in [6, 6.07) is 5.67. The van der Waals surface area contributed by atoms with E-state index in [1.807, 2.05) is 22.9 Å². The molecule has 0 radical (unpaired) electrons. The number of carbonyl (C=O) groups excluding carboxylic acids is 1. The van der Waals surface area contributed by atoms with Gasteiger partial charge in [0.1, 0.15) is 0 Å². The number of carbonyl (C=O) groups is 1. The summed E-state index contributed by atoms with van der Waals surface area (Å²) in [6.45, 7) is 12.1. The van der Waals surface area contributed by atoms with Crippen molar-refractivity contribution in [2.24, 2.45) is 0 Å². The van der Waals surface area contributed by atoms with E-state index in [0.717, 1.165) is 37.1 Å². The smallest absolute Gasteiger partial charge is 0.210 e. The van der Waals surface area contributed by atoms with Crippen molar-refractivity contribution in [3.05, 3.63) is 42.2 Å². The molecule has 2 heterocycles. The molecule has 0 bridgehead atoms. The summed E-state index contributed by atoms with van der Waals surface area (Å²) in [4.78, 5) is 15.4. The Hall–Kier alpha value is -2.31. The molecule has 3 N–H and O–H groups in total. The van der Waals surface area contributed by atoms with Crippen LogP contribution in [0.2, 0.25) is 0 Å². The minimum Gasteiger partial charge on any atom is -0.381 e. The first-order valence-corrected chi connectivity index (χ1v) is 9.75. The first-order chi connectivity index (χ1) is 13.0. The van der Waals surface area contributed by atoms with Gasteiger partial charge in [-0.2, -0.15) is 0 Å². The first-order valence-electron chi connectivity index (χ1n) is 9.75. The molecule has 1 aliphatic heterocycles. The van der Waals surface area contributed by atoms with Crippen molar-refractivity contribution in [3.63, 3.8) is 0 Å². The van der Waals surface area contributed by atoms with Gasteiger partial charge in [-0.05, 0) is 58.0 Å². The maximum atomic E-state index is 13.0. The van der Waals surface area contributed by atoms with Gasteiger partial charge in [0.25, 0.3) is 0 Å². The average Bonchev–Trinajstić information content (AvgIpc) is 3.07. The standard InChI is InChI=1S/C21H30N4O2/c1-15(2)25-14-19(18-8-7-17(23-27)13-20(18)25)21(26)16(3)22-9-12-24-10-5-4-6-11-24/h7-8,13-15,22-23,27H,3-6,9-12H2,1-2H3. The molecule has 0 aliphatic carbocycles. The fourth-order valence-corrected chi connectivity index (χ4v) is 3.72. The van der Waals surface area contributed by atoms with Crippen molar-refractivity contribution in [1.82, 2.24) is 14.8 Å². The quantitative estimate of drug-likeness (QED) is 0.375. The van der Waals surface area contributed by atoms with Crippen LogP contribution >= 0.6 is 0 Å².